The van der Waals surface area contributed by atoms with Crippen molar-refractivity contribution in [2.45, 2.75) is 32.6 Å². The molecule has 4 heteroatoms. The van der Waals surface area contributed by atoms with E-state index in [1.165, 1.54) is 11.9 Å². The Bertz CT molecular complexity index is 187. The van der Waals surface area contributed by atoms with Crippen molar-refractivity contribution in [3.63, 3.8) is 0 Å². The van der Waals surface area contributed by atoms with Gasteiger partial charge in [-0.1, -0.05) is 13.3 Å². The summed E-state index contributed by atoms with van der Waals surface area (Å²) in [5, 5.41) is 8.72. The Kier molecular flexibility index (Phi) is 5.33. The SMILES string of the molecule is CCC1CCCCN(SCCO)C1=O. The molecule has 1 atom stereocenters. The minimum Gasteiger partial charge on any atom is -0.395 e. The Morgan fingerprint density at radius 2 is 2.36 bits per heavy atom. The van der Waals surface area contributed by atoms with Crippen LogP contribution in [0.4, 0.5) is 0 Å². The topological polar surface area (TPSA) is 40.5 Å². The van der Waals surface area contributed by atoms with Crippen LogP contribution in [0, 0.1) is 5.92 Å². The number of aliphatic hydroxyl groups excluding tert-OH is 1. The lowest BCUT2D eigenvalue weighted by molar-refractivity contribution is -0.129. The molecule has 1 rings (SSSR count). The van der Waals surface area contributed by atoms with E-state index in [-0.39, 0.29) is 18.4 Å². The molecule has 1 unspecified atom stereocenters. The molecule has 0 aromatic heterocycles. The Balaban J connectivity index is 2.49. The van der Waals surface area contributed by atoms with Gasteiger partial charge in [0.1, 0.15) is 0 Å². The van der Waals surface area contributed by atoms with Crippen LogP contribution in [0.2, 0.25) is 0 Å². The molecule has 1 amide bonds. The second-order valence-corrected chi connectivity index (χ2v) is 4.71. The largest absolute Gasteiger partial charge is 0.395 e. The van der Waals surface area contributed by atoms with E-state index in [9.17, 15) is 4.79 Å². The van der Waals surface area contributed by atoms with Crippen molar-refractivity contribution in [1.82, 2.24) is 4.31 Å². The first-order chi connectivity index (χ1) is 6.79. The Morgan fingerprint density at radius 3 is 3.00 bits per heavy atom. The maximum absolute atomic E-state index is 11.9. The van der Waals surface area contributed by atoms with E-state index in [1.54, 1.807) is 0 Å². The highest BCUT2D eigenvalue weighted by molar-refractivity contribution is 7.97. The van der Waals surface area contributed by atoms with Crippen LogP contribution in [0.15, 0.2) is 0 Å². The minimum atomic E-state index is 0.144. The summed E-state index contributed by atoms with van der Waals surface area (Å²) in [6, 6.07) is 0. The predicted octanol–water partition coefficient (Wildman–Crippen LogP) is 1.67. The molecule has 82 valence electrons. The number of nitrogens with zero attached hydrogens (tertiary/aromatic N) is 1. The smallest absolute Gasteiger partial charge is 0.235 e. The van der Waals surface area contributed by atoms with Crippen molar-refractivity contribution in [3.05, 3.63) is 0 Å². The highest BCUT2D eigenvalue weighted by atomic mass is 32.2. The highest BCUT2D eigenvalue weighted by Gasteiger charge is 2.25. The molecule has 0 aromatic rings. The average molecular weight is 217 g/mol. The van der Waals surface area contributed by atoms with Gasteiger partial charge in [0, 0.05) is 18.2 Å². The molecule has 1 N–H and O–H groups in total. The maximum Gasteiger partial charge on any atom is 0.235 e. The van der Waals surface area contributed by atoms with Gasteiger partial charge >= 0.3 is 0 Å². The first-order valence-corrected chi connectivity index (χ1v) is 6.29. The third-order valence-corrected chi connectivity index (χ3v) is 3.63. The Labute approximate surface area is 90.0 Å². The number of rotatable bonds is 4. The van der Waals surface area contributed by atoms with E-state index in [0.29, 0.717) is 5.75 Å². The quantitative estimate of drug-likeness (QED) is 0.728. The van der Waals surface area contributed by atoms with Crippen LogP contribution in [0.1, 0.15) is 32.6 Å². The number of carbonyl (C=O) groups excluding carboxylic acids is 1. The molecule has 0 radical (unpaired) electrons. The summed E-state index contributed by atoms with van der Waals surface area (Å²) in [5.41, 5.74) is 0. The van der Waals surface area contributed by atoms with Crippen LogP contribution in [-0.2, 0) is 4.79 Å². The van der Waals surface area contributed by atoms with E-state index in [4.69, 9.17) is 5.11 Å². The van der Waals surface area contributed by atoms with Gasteiger partial charge in [-0.25, -0.2) is 0 Å². The van der Waals surface area contributed by atoms with Gasteiger partial charge in [-0.3, -0.25) is 9.10 Å². The molecule has 1 heterocycles. The molecule has 0 aliphatic carbocycles. The molecule has 14 heavy (non-hydrogen) atoms. The normalized spacial score (nSPS) is 23.7. The molecule has 0 spiro atoms. The van der Waals surface area contributed by atoms with Gasteiger partial charge < -0.3 is 5.11 Å². The standard InChI is InChI=1S/C10H19NO2S/c1-2-9-5-3-4-6-11(10(9)13)14-8-7-12/h9,12H,2-8H2,1H3. The van der Waals surface area contributed by atoms with Gasteiger partial charge in [-0.15, -0.1) is 0 Å². The lowest BCUT2D eigenvalue weighted by Crippen LogP contribution is -2.29. The zero-order valence-corrected chi connectivity index (χ0v) is 9.55. The van der Waals surface area contributed by atoms with Crippen LogP contribution in [0.25, 0.3) is 0 Å². The number of hydrogen-bond acceptors (Lipinski definition) is 3. The minimum absolute atomic E-state index is 0.144. The number of carbonyl (C=O) groups is 1. The van der Waals surface area contributed by atoms with E-state index in [0.717, 1.165) is 32.2 Å². The molecule has 1 aliphatic heterocycles. The third-order valence-electron chi connectivity index (χ3n) is 2.59. The summed E-state index contributed by atoms with van der Waals surface area (Å²) in [6.45, 7) is 3.06. The van der Waals surface area contributed by atoms with Crippen LogP contribution < -0.4 is 0 Å². The summed E-state index contributed by atoms with van der Waals surface area (Å²) >= 11 is 1.47. The summed E-state index contributed by atoms with van der Waals surface area (Å²) in [4.78, 5) is 11.9. The second-order valence-electron chi connectivity index (χ2n) is 3.60. The molecule has 1 saturated heterocycles. The van der Waals surface area contributed by atoms with Crippen LogP contribution in [0.3, 0.4) is 0 Å². The number of hydrogen-bond donors (Lipinski definition) is 1. The highest BCUT2D eigenvalue weighted by Crippen LogP contribution is 2.24. The van der Waals surface area contributed by atoms with Crippen molar-refractivity contribution in [2.24, 2.45) is 5.92 Å². The summed E-state index contributed by atoms with van der Waals surface area (Å²) in [5.74, 6) is 1.11. The third kappa shape index (κ3) is 3.17. The summed E-state index contributed by atoms with van der Waals surface area (Å²) in [6.07, 6.45) is 4.22. The second kappa shape index (κ2) is 6.30. The first kappa shape index (κ1) is 11.9. The van der Waals surface area contributed by atoms with Crippen LogP contribution >= 0.6 is 11.9 Å². The van der Waals surface area contributed by atoms with Crippen molar-refractivity contribution in [1.29, 1.82) is 0 Å². The first-order valence-electron chi connectivity index (χ1n) is 5.34. The molecule has 1 fully saturated rings. The van der Waals surface area contributed by atoms with Gasteiger partial charge in [0.25, 0.3) is 0 Å². The Hall–Kier alpha value is -0.220. The number of aliphatic hydroxyl groups is 1. The Morgan fingerprint density at radius 1 is 1.57 bits per heavy atom. The zero-order chi connectivity index (χ0) is 10.4. The van der Waals surface area contributed by atoms with Gasteiger partial charge in [0.15, 0.2) is 0 Å². The maximum atomic E-state index is 11.9. The van der Waals surface area contributed by atoms with Gasteiger partial charge in [0.2, 0.25) is 5.91 Å². The summed E-state index contributed by atoms with van der Waals surface area (Å²) in [7, 11) is 0. The number of amides is 1. The molecule has 0 aromatic carbocycles. The molecular formula is C10H19NO2S. The van der Waals surface area contributed by atoms with Crippen LogP contribution in [-0.4, -0.2) is 34.2 Å². The lowest BCUT2D eigenvalue weighted by Gasteiger charge is -2.21. The molecule has 1 aliphatic rings. The van der Waals surface area contributed by atoms with E-state index < -0.39 is 0 Å². The monoisotopic (exact) mass is 217 g/mol. The molecular weight excluding hydrogens is 198 g/mol. The van der Waals surface area contributed by atoms with E-state index in [1.807, 2.05) is 4.31 Å². The fourth-order valence-electron chi connectivity index (χ4n) is 1.74. The summed E-state index contributed by atoms with van der Waals surface area (Å²) < 4.78 is 1.84. The fraction of sp³-hybridized carbons (Fsp3) is 0.900. The van der Waals surface area contributed by atoms with Crippen molar-refractivity contribution in [3.8, 4) is 0 Å². The van der Waals surface area contributed by atoms with Crippen molar-refractivity contribution >= 4 is 17.9 Å². The zero-order valence-electron chi connectivity index (χ0n) is 8.74. The van der Waals surface area contributed by atoms with E-state index in [2.05, 4.69) is 6.92 Å². The molecule has 3 nitrogen and oxygen atoms in total. The molecule has 0 saturated carbocycles. The van der Waals surface area contributed by atoms with Gasteiger partial charge in [0.05, 0.1) is 6.61 Å². The van der Waals surface area contributed by atoms with Crippen molar-refractivity contribution in [2.75, 3.05) is 18.9 Å². The van der Waals surface area contributed by atoms with Gasteiger partial charge in [-0.05, 0) is 31.2 Å². The van der Waals surface area contributed by atoms with Gasteiger partial charge in [-0.2, -0.15) is 0 Å². The predicted molar refractivity (Wildman–Crippen MR) is 58.9 cm³/mol. The average Bonchev–Trinajstić information content (AvgIpc) is 2.38. The fourth-order valence-corrected chi connectivity index (χ4v) is 2.58. The van der Waals surface area contributed by atoms with Crippen LogP contribution in [0.5, 0.6) is 0 Å². The van der Waals surface area contributed by atoms with E-state index >= 15 is 0 Å². The van der Waals surface area contributed by atoms with Crippen molar-refractivity contribution < 1.29 is 9.90 Å². The molecule has 0 bridgehead atoms. The lowest BCUT2D eigenvalue weighted by atomic mass is 10.0.